The largest absolute Gasteiger partial charge is 0.316 e. The highest BCUT2D eigenvalue weighted by Crippen LogP contribution is 2.32. The van der Waals surface area contributed by atoms with E-state index in [-0.39, 0.29) is 11.2 Å². The van der Waals surface area contributed by atoms with Gasteiger partial charge in [-0.15, -0.1) is 0 Å². The van der Waals surface area contributed by atoms with E-state index in [9.17, 15) is 8.42 Å². The second-order valence-electron chi connectivity index (χ2n) is 8.01. The zero-order valence-corrected chi connectivity index (χ0v) is 15.5. The van der Waals surface area contributed by atoms with E-state index in [1.165, 1.54) is 0 Å². The van der Waals surface area contributed by atoms with Crippen LogP contribution in [-0.2, 0) is 9.84 Å². The Bertz CT molecular complexity index is 380. The maximum atomic E-state index is 12.3. The Kier molecular flexibility index (Phi) is 7.22. The summed E-state index contributed by atoms with van der Waals surface area (Å²) >= 11 is 0. The first-order valence-electron chi connectivity index (χ1n) is 7.75. The second-order valence-corrected chi connectivity index (χ2v) is 10.9. The first-order valence-corrected chi connectivity index (χ1v) is 9.40. The van der Waals surface area contributed by atoms with Gasteiger partial charge in [-0.1, -0.05) is 34.6 Å². The molecule has 1 N–H and O–H groups in total. The summed E-state index contributed by atoms with van der Waals surface area (Å²) < 4.78 is 23.9. The van der Waals surface area contributed by atoms with Crippen molar-refractivity contribution in [1.29, 1.82) is 0 Å². The van der Waals surface area contributed by atoms with Crippen LogP contribution in [0.5, 0.6) is 0 Å². The minimum absolute atomic E-state index is 0.0210. The third-order valence-electron chi connectivity index (χ3n) is 4.35. The molecule has 0 radical (unpaired) electrons. The number of sulfone groups is 1. The van der Waals surface area contributed by atoms with Gasteiger partial charge in [0, 0.05) is 6.54 Å². The predicted molar refractivity (Wildman–Crippen MR) is 88.8 cm³/mol. The summed E-state index contributed by atoms with van der Waals surface area (Å²) in [6, 6.07) is 0. The molecule has 0 bridgehead atoms. The zero-order valence-electron chi connectivity index (χ0n) is 14.7. The highest BCUT2D eigenvalue weighted by Gasteiger charge is 2.34. The van der Waals surface area contributed by atoms with E-state index in [4.69, 9.17) is 0 Å². The molecule has 0 amide bonds. The summed E-state index contributed by atoms with van der Waals surface area (Å²) in [4.78, 5) is 0. The number of rotatable bonds is 8. The van der Waals surface area contributed by atoms with Crippen molar-refractivity contribution in [2.24, 2.45) is 17.3 Å². The number of hydrogen-bond acceptors (Lipinski definition) is 3. The van der Waals surface area contributed by atoms with Gasteiger partial charge in [-0.05, 0) is 51.0 Å². The summed E-state index contributed by atoms with van der Waals surface area (Å²) in [7, 11) is -3.03. The van der Waals surface area contributed by atoms with E-state index >= 15 is 0 Å². The highest BCUT2D eigenvalue weighted by molar-refractivity contribution is 7.92. The molecule has 1 unspecified atom stereocenters. The van der Waals surface area contributed by atoms with Crippen molar-refractivity contribution in [1.82, 2.24) is 5.32 Å². The lowest BCUT2D eigenvalue weighted by Crippen LogP contribution is -2.40. The molecule has 0 aromatic heterocycles. The quantitative estimate of drug-likeness (QED) is 0.746. The lowest BCUT2D eigenvalue weighted by molar-refractivity contribution is 0.199. The monoisotopic (exact) mass is 305 g/mol. The van der Waals surface area contributed by atoms with Crippen LogP contribution in [-0.4, -0.2) is 32.0 Å². The summed E-state index contributed by atoms with van der Waals surface area (Å²) in [5.41, 5.74) is 0.0210. The lowest BCUT2D eigenvalue weighted by Gasteiger charge is -2.35. The van der Waals surface area contributed by atoms with Crippen molar-refractivity contribution in [3.05, 3.63) is 0 Å². The molecule has 0 spiro atoms. The van der Waals surface area contributed by atoms with Gasteiger partial charge >= 0.3 is 0 Å². The first kappa shape index (κ1) is 19.9. The molecule has 4 heteroatoms. The van der Waals surface area contributed by atoms with Gasteiger partial charge < -0.3 is 5.32 Å². The van der Waals surface area contributed by atoms with E-state index in [1.54, 1.807) is 20.8 Å². The standard InChI is InChI=1S/C16H35NO2S/c1-13(2)11-17-12-16(8,14(3)4)9-10-20(18,19)15(5,6)7/h13-14,17H,9-12H2,1-8H3. The zero-order chi connectivity index (χ0) is 16.2. The highest BCUT2D eigenvalue weighted by atomic mass is 32.2. The molecule has 0 heterocycles. The van der Waals surface area contributed by atoms with Gasteiger partial charge in [0.15, 0.2) is 9.84 Å². The van der Waals surface area contributed by atoms with Gasteiger partial charge in [0.1, 0.15) is 0 Å². The Labute approximate surface area is 126 Å². The maximum absolute atomic E-state index is 12.3. The topological polar surface area (TPSA) is 46.2 Å². The van der Waals surface area contributed by atoms with Gasteiger partial charge in [-0.25, -0.2) is 8.42 Å². The minimum atomic E-state index is -3.03. The van der Waals surface area contributed by atoms with E-state index in [0.717, 1.165) is 19.5 Å². The summed E-state index contributed by atoms with van der Waals surface area (Å²) in [6.07, 6.45) is 0.718. The van der Waals surface area contributed by atoms with Crippen molar-refractivity contribution in [3.63, 3.8) is 0 Å². The van der Waals surface area contributed by atoms with Crippen molar-refractivity contribution in [2.75, 3.05) is 18.8 Å². The van der Waals surface area contributed by atoms with Crippen LogP contribution in [0.4, 0.5) is 0 Å². The molecule has 0 aromatic rings. The Morgan fingerprint density at radius 2 is 1.50 bits per heavy atom. The van der Waals surface area contributed by atoms with Gasteiger partial charge in [-0.2, -0.15) is 0 Å². The molecule has 0 aliphatic heterocycles. The Morgan fingerprint density at radius 1 is 1.00 bits per heavy atom. The minimum Gasteiger partial charge on any atom is -0.316 e. The van der Waals surface area contributed by atoms with Gasteiger partial charge in [-0.3, -0.25) is 0 Å². The second kappa shape index (κ2) is 7.26. The maximum Gasteiger partial charge on any atom is 0.155 e. The average Bonchev–Trinajstić information content (AvgIpc) is 2.24. The van der Waals surface area contributed by atoms with Crippen molar-refractivity contribution >= 4 is 9.84 Å². The third-order valence-corrected chi connectivity index (χ3v) is 6.96. The normalized spacial score (nSPS) is 16.7. The third kappa shape index (κ3) is 6.13. The van der Waals surface area contributed by atoms with E-state index in [2.05, 4.69) is 39.9 Å². The van der Waals surface area contributed by atoms with Crippen molar-refractivity contribution in [3.8, 4) is 0 Å². The molecule has 3 nitrogen and oxygen atoms in total. The molecule has 20 heavy (non-hydrogen) atoms. The van der Waals surface area contributed by atoms with Crippen LogP contribution < -0.4 is 5.32 Å². The molecule has 0 rings (SSSR count). The van der Waals surface area contributed by atoms with Gasteiger partial charge in [0.25, 0.3) is 0 Å². The molecular formula is C16H35NO2S. The Hall–Kier alpha value is -0.0900. The molecule has 1 atom stereocenters. The summed E-state index contributed by atoms with van der Waals surface area (Å²) in [6.45, 7) is 18.1. The van der Waals surface area contributed by atoms with Gasteiger partial charge in [0.05, 0.1) is 10.5 Å². The number of nitrogens with one attached hydrogen (secondary N) is 1. The average molecular weight is 306 g/mol. The lowest BCUT2D eigenvalue weighted by atomic mass is 9.76. The molecule has 122 valence electrons. The molecule has 0 aliphatic rings. The molecule has 0 aromatic carbocycles. The first-order chi connectivity index (χ1) is 8.82. The van der Waals surface area contributed by atoms with E-state index < -0.39 is 14.6 Å². The fraction of sp³-hybridized carbons (Fsp3) is 1.00. The van der Waals surface area contributed by atoms with Crippen LogP contribution in [0, 0.1) is 17.3 Å². The Balaban J connectivity index is 4.71. The SMILES string of the molecule is CC(C)CNCC(C)(CCS(=O)(=O)C(C)(C)C)C(C)C. The van der Waals surface area contributed by atoms with E-state index in [1.807, 2.05) is 0 Å². The van der Waals surface area contributed by atoms with Gasteiger partial charge in [0.2, 0.25) is 0 Å². The van der Waals surface area contributed by atoms with Crippen LogP contribution in [0.15, 0.2) is 0 Å². The van der Waals surface area contributed by atoms with Crippen LogP contribution in [0.1, 0.15) is 61.8 Å². The van der Waals surface area contributed by atoms with Crippen LogP contribution >= 0.6 is 0 Å². The molecule has 0 saturated carbocycles. The molecule has 0 saturated heterocycles. The number of hydrogen-bond donors (Lipinski definition) is 1. The fourth-order valence-electron chi connectivity index (χ4n) is 1.90. The van der Waals surface area contributed by atoms with Crippen LogP contribution in [0.3, 0.4) is 0 Å². The van der Waals surface area contributed by atoms with Crippen LogP contribution in [0.25, 0.3) is 0 Å². The van der Waals surface area contributed by atoms with Crippen molar-refractivity contribution < 1.29 is 8.42 Å². The summed E-state index contributed by atoms with van der Waals surface area (Å²) in [5.74, 6) is 1.34. The van der Waals surface area contributed by atoms with Crippen molar-refractivity contribution in [2.45, 2.75) is 66.6 Å². The molecular weight excluding hydrogens is 270 g/mol. The smallest absolute Gasteiger partial charge is 0.155 e. The fourth-order valence-corrected chi connectivity index (χ4v) is 3.25. The summed E-state index contributed by atoms with van der Waals surface area (Å²) in [5, 5.41) is 3.49. The molecule has 0 fully saturated rings. The Morgan fingerprint density at radius 3 is 1.85 bits per heavy atom. The van der Waals surface area contributed by atoms with Crippen LogP contribution in [0.2, 0.25) is 0 Å². The predicted octanol–water partition coefficient (Wildman–Crippen LogP) is 3.50. The van der Waals surface area contributed by atoms with E-state index in [0.29, 0.717) is 11.8 Å². The molecule has 0 aliphatic carbocycles.